The van der Waals surface area contributed by atoms with Crippen molar-refractivity contribution in [2.75, 3.05) is 13.1 Å². The summed E-state index contributed by atoms with van der Waals surface area (Å²) in [5.74, 6) is 0. The molecule has 2 atom stereocenters. The SMILES string of the molecule is CCn1cc(S(=O)(=O)N2C[C@@H](N)[C@H](O)C2)c(C)n1.Cl. The maximum absolute atomic E-state index is 12.4. The van der Waals surface area contributed by atoms with Gasteiger partial charge in [-0.05, 0) is 13.8 Å². The Hall–Kier alpha value is -0.670. The van der Waals surface area contributed by atoms with E-state index in [1.165, 1.54) is 10.5 Å². The summed E-state index contributed by atoms with van der Waals surface area (Å²) in [6.45, 7) is 4.34. The highest BCUT2D eigenvalue weighted by Gasteiger charge is 2.38. The summed E-state index contributed by atoms with van der Waals surface area (Å²) in [6.07, 6.45) is 0.710. The van der Waals surface area contributed by atoms with Gasteiger partial charge in [-0.1, -0.05) is 0 Å². The van der Waals surface area contributed by atoms with Crippen molar-refractivity contribution >= 4 is 22.4 Å². The van der Waals surface area contributed by atoms with Crippen LogP contribution in [-0.4, -0.2) is 52.8 Å². The van der Waals surface area contributed by atoms with Crippen LogP contribution in [0.25, 0.3) is 0 Å². The lowest BCUT2D eigenvalue weighted by atomic mass is 10.2. The molecule has 0 spiro atoms. The Morgan fingerprint density at radius 1 is 1.53 bits per heavy atom. The number of halogens is 1. The fourth-order valence-corrected chi connectivity index (χ4v) is 3.69. The molecule has 1 aliphatic rings. The predicted octanol–water partition coefficient (Wildman–Crippen LogP) is -0.674. The molecule has 0 amide bonds. The zero-order valence-electron chi connectivity index (χ0n) is 10.9. The number of aliphatic hydroxyl groups excluding tert-OH is 1. The normalized spacial score (nSPS) is 24.4. The van der Waals surface area contributed by atoms with Crippen molar-refractivity contribution in [1.29, 1.82) is 0 Å². The van der Waals surface area contributed by atoms with Crippen LogP contribution in [-0.2, 0) is 16.6 Å². The van der Waals surface area contributed by atoms with Gasteiger partial charge in [0, 0.05) is 31.9 Å². The summed E-state index contributed by atoms with van der Waals surface area (Å²) in [6, 6.07) is -0.527. The lowest BCUT2D eigenvalue weighted by Crippen LogP contribution is -2.33. The minimum absolute atomic E-state index is 0. The van der Waals surface area contributed by atoms with Gasteiger partial charge in [0.2, 0.25) is 10.0 Å². The molecule has 2 rings (SSSR count). The van der Waals surface area contributed by atoms with Gasteiger partial charge in [0.05, 0.1) is 11.8 Å². The maximum atomic E-state index is 12.4. The van der Waals surface area contributed by atoms with Gasteiger partial charge < -0.3 is 10.8 Å². The first kappa shape index (κ1) is 16.4. The van der Waals surface area contributed by atoms with Crippen LogP contribution in [0, 0.1) is 6.92 Å². The molecule has 3 N–H and O–H groups in total. The van der Waals surface area contributed by atoms with E-state index < -0.39 is 22.2 Å². The number of aryl methyl sites for hydroxylation is 2. The fourth-order valence-electron chi connectivity index (χ4n) is 2.03. The molecule has 1 fully saturated rings. The van der Waals surface area contributed by atoms with Gasteiger partial charge in [0.25, 0.3) is 0 Å². The standard InChI is InChI=1S/C10H18N4O3S.ClH/c1-3-13-6-10(7(2)12-13)18(16,17)14-4-8(11)9(15)5-14;/h6,8-9,15H,3-5,11H2,1-2H3;1H/t8-,9-;/m1./s1. The number of sulfonamides is 1. The molecule has 110 valence electrons. The first-order chi connectivity index (χ1) is 8.36. The predicted molar refractivity (Wildman–Crippen MR) is 72.6 cm³/mol. The van der Waals surface area contributed by atoms with Gasteiger partial charge >= 0.3 is 0 Å². The van der Waals surface area contributed by atoms with Crippen molar-refractivity contribution in [2.45, 2.75) is 37.4 Å². The van der Waals surface area contributed by atoms with Gasteiger partial charge in [0.1, 0.15) is 4.90 Å². The van der Waals surface area contributed by atoms with E-state index in [1.54, 1.807) is 11.6 Å². The Morgan fingerprint density at radius 2 is 2.16 bits per heavy atom. The van der Waals surface area contributed by atoms with Crippen LogP contribution in [0.4, 0.5) is 0 Å². The van der Waals surface area contributed by atoms with Crippen LogP contribution in [0.2, 0.25) is 0 Å². The molecule has 1 aliphatic heterocycles. The molecule has 0 unspecified atom stereocenters. The number of nitrogens with two attached hydrogens (primary N) is 1. The summed E-state index contributed by atoms with van der Waals surface area (Å²) in [5.41, 5.74) is 6.10. The van der Waals surface area contributed by atoms with Crippen LogP contribution in [0.3, 0.4) is 0 Å². The molecular weight excluding hydrogens is 292 g/mol. The lowest BCUT2D eigenvalue weighted by molar-refractivity contribution is 0.174. The molecule has 0 bridgehead atoms. The lowest BCUT2D eigenvalue weighted by Gasteiger charge is -2.14. The van der Waals surface area contributed by atoms with Gasteiger partial charge in [0.15, 0.2) is 0 Å². The Labute approximate surface area is 118 Å². The number of β-amino-alcohol motifs (C(OH)–C–C–N with tert-alkyl or cyclic N) is 1. The molecular formula is C10H19ClN4O3S. The third kappa shape index (κ3) is 2.92. The number of aliphatic hydroxyl groups is 1. The van der Waals surface area contributed by atoms with Crippen molar-refractivity contribution in [2.24, 2.45) is 5.73 Å². The third-order valence-electron chi connectivity index (χ3n) is 3.14. The third-order valence-corrected chi connectivity index (χ3v) is 5.08. The molecule has 0 radical (unpaired) electrons. The number of hydrogen-bond donors (Lipinski definition) is 2. The molecule has 2 heterocycles. The smallest absolute Gasteiger partial charge is 0.246 e. The van der Waals surface area contributed by atoms with Crippen molar-refractivity contribution in [3.8, 4) is 0 Å². The van der Waals surface area contributed by atoms with E-state index in [0.717, 1.165) is 0 Å². The van der Waals surface area contributed by atoms with Crippen molar-refractivity contribution in [1.82, 2.24) is 14.1 Å². The quantitative estimate of drug-likeness (QED) is 0.770. The fraction of sp³-hybridized carbons (Fsp3) is 0.700. The summed E-state index contributed by atoms with van der Waals surface area (Å²) in [7, 11) is -3.61. The minimum Gasteiger partial charge on any atom is -0.390 e. The molecule has 7 nitrogen and oxygen atoms in total. The summed E-state index contributed by atoms with van der Waals surface area (Å²) in [4.78, 5) is 0.186. The highest BCUT2D eigenvalue weighted by molar-refractivity contribution is 7.89. The number of rotatable bonds is 3. The number of aromatic nitrogens is 2. The average molecular weight is 311 g/mol. The van der Waals surface area contributed by atoms with Crippen LogP contribution in [0.5, 0.6) is 0 Å². The second-order valence-electron chi connectivity index (χ2n) is 4.49. The second-order valence-corrected chi connectivity index (χ2v) is 6.39. The van der Waals surface area contributed by atoms with Crippen LogP contribution < -0.4 is 5.73 Å². The van der Waals surface area contributed by atoms with E-state index in [-0.39, 0.29) is 30.4 Å². The molecule has 1 aromatic rings. The average Bonchev–Trinajstić information content (AvgIpc) is 2.84. The Morgan fingerprint density at radius 3 is 2.58 bits per heavy atom. The zero-order chi connectivity index (χ0) is 13.5. The Bertz CT molecular complexity index is 535. The second kappa shape index (κ2) is 5.76. The minimum atomic E-state index is -3.61. The highest BCUT2D eigenvalue weighted by Crippen LogP contribution is 2.22. The highest BCUT2D eigenvalue weighted by atomic mass is 35.5. The zero-order valence-corrected chi connectivity index (χ0v) is 12.5. The summed E-state index contributed by atoms with van der Waals surface area (Å²) < 4.78 is 27.6. The van der Waals surface area contributed by atoms with E-state index in [9.17, 15) is 13.5 Å². The monoisotopic (exact) mass is 310 g/mol. The molecule has 1 aromatic heterocycles. The Kier molecular flexibility index (Phi) is 4.97. The number of hydrogen-bond acceptors (Lipinski definition) is 5. The molecule has 0 aromatic carbocycles. The van der Waals surface area contributed by atoms with Gasteiger partial charge in [-0.3, -0.25) is 4.68 Å². The van der Waals surface area contributed by atoms with E-state index in [2.05, 4.69) is 5.10 Å². The molecule has 0 saturated carbocycles. The van der Waals surface area contributed by atoms with Crippen molar-refractivity contribution in [3.05, 3.63) is 11.9 Å². The van der Waals surface area contributed by atoms with Gasteiger partial charge in [-0.15, -0.1) is 12.4 Å². The molecule has 9 heteroatoms. The van der Waals surface area contributed by atoms with Crippen molar-refractivity contribution in [3.63, 3.8) is 0 Å². The van der Waals surface area contributed by atoms with Crippen LogP contribution >= 0.6 is 12.4 Å². The van der Waals surface area contributed by atoms with E-state index in [0.29, 0.717) is 12.2 Å². The summed E-state index contributed by atoms with van der Waals surface area (Å²) >= 11 is 0. The topological polar surface area (TPSA) is 101 Å². The molecule has 19 heavy (non-hydrogen) atoms. The number of nitrogens with zero attached hydrogens (tertiary/aromatic N) is 3. The van der Waals surface area contributed by atoms with E-state index >= 15 is 0 Å². The van der Waals surface area contributed by atoms with E-state index in [4.69, 9.17) is 5.73 Å². The molecule has 1 saturated heterocycles. The largest absolute Gasteiger partial charge is 0.390 e. The Balaban J connectivity index is 0.00000180. The summed E-state index contributed by atoms with van der Waals surface area (Å²) in [5, 5.41) is 13.7. The van der Waals surface area contributed by atoms with E-state index in [1.807, 2.05) is 6.92 Å². The maximum Gasteiger partial charge on any atom is 0.246 e. The van der Waals surface area contributed by atoms with Crippen molar-refractivity contribution < 1.29 is 13.5 Å². The van der Waals surface area contributed by atoms with Crippen LogP contribution in [0.15, 0.2) is 11.1 Å². The first-order valence-electron chi connectivity index (χ1n) is 5.84. The first-order valence-corrected chi connectivity index (χ1v) is 7.28. The van der Waals surface area contributed by atoms with Gasteiger partial charge in [-0.25, -0.2) is 8.42 Å². The molecule has 0 aliphatic carbocycles. The van der Waals surface area contributed by atoms with Crippen LogP contribution in [0.1, 0.15) is 12.6 Å². The van der Waals surface area contributed by atoms with Gasteiger partial charge in [-0.2, -0.15) is 9.40 Å².